The van der Waals surface area contributed by atoms with E-state index in [1.807, 2.05) is 17.5 Å². The van der Waals surface area contributed by atoms with Gasteiger partial charge in [-0.1, -0.05) is 6.42 Å². The summed E-state index contributed by atoms with van der Waals surface area (Å²) in [4.78, 5) is 26.9. The van der Waals surface area contributed by atoms with Gasteiger partial charge >= 0.3 is 0 Å². The van der Waals surface area contributed by atoms with Gasteiger partial charge in [-0.05, 0) is 25.7 Å². The second-order valence-electron chi connectivity index (χ2n) is 6.70. The van der Waals surface area contributed by atoms with Crippen LogP contribution >= 0.6 is 11.3 Å². The molecule has 0 aromatic carbocycles. The fourth-order valence-electron chi connectivity index (χ4n) is 3.40. The van der Waals surface area contributed by atoms with Gasteiger partial charge in [-0.15, -0.1) is 11.3 Å². The highest BCUT2D eigenvalue weighted by molar-refractivity contribution is 7.11. The van der Waals surface area contributed by atoms with Crippen LogP contribution in [-0.2, 0) is 6.54 Å². The lowest BCUT2D eigenvalue weighted by Gasteiger charge is -2.33. The van der Waals surface area contributed by atoms with Crippen molar-refractivity contribution in [1.29, 1.82) is 0 Å². The van der Waals surface area contributed by atoms with Crippen molar-refractivity contribution >= 4 is 17.2 Å². The summed E-state index contributed by atoms with van der Waals surface area (Å²) in [6.45, 7) is 2.58. The second kappa shape index (κ2) is 7.03. The summed E-state index contributed by atoms with van der Waals surface area (Å²) in [5, 5.41) is 4.94. The number of nitrogens with one attached hydrogen (secondary N) is 2. The second-order valence-corrected chi connectivity index (χ2v) is 7.85. The lowest BCUT2D eigenvalue weighted by molar-refractivity contribution is 0.418. The van der Waals surface area contributed by atoms with Crippen molar-refractivity contribution in [2.75, 3.05) is 18.0 Å². The van der Waals surface area contributed by atoms with Gasteiger partial charge in [-0.2, -0.15) is 0 Å². The summed E-state index contributed by atoms with van der Waals surface area (Å²) in [5.41, 5.74) is -0.106. The van der Waals surface area contributed by atoms with Gasteiger partial charge in [0.05, 0.1) is 5.01 Å². The summed E-state index contributed by atoms with van der Waals surface area (Å²) >= 11 is 1.85. The minimum absolute atomic E-state index is 0.106. The van der Waals surface area contributed by atoms with E-state index in [-0.39, 0.29) is 5.56 Å². The van der Waals surface area contributed by atoms with E-state index in [0.717, 1.165) is 32.5 Å². The average Bonchev–Trinajstić information content (AvgIpc) is 3.00. The minimum atomic E-state index is -0.106. The third kappa shape index (κ3) is 3.37. The molecule has 24 heavy (non-hydrogen) atoms. The molecule has 2 aromatic rings. The zero-order valence-electron chi connectivity index (χ0n) is 13.7. The van der Waals surface area contributed by atoms with E-state index in [2.05, 4.69) is 25.2 Å². The Balaban J connectivity index is 1.34. The van der Waals surface area contributed by atoms with Gasteiger partial charge in [-0.3, -0.25) is 4.79 Å². The molecule has 1 saturated carbocycles. The number of aromatic nitrogens is 3. The van der Waals surface area contributed by atoms with E-state index in [1.165, 1.54) is 29.1 Å². The predicted octanol–water partition coefficient (Wildman–Crippen LogP) is 2.25. The molecule has 2 aromatic heterocycles. The molecule has 7 heteroatoms. The molecule has 1 aliphatic carbocycles. The maximum absolute atomic E-state index is 11.9. The molecule has 0 bridgehead atoms. The Morgan fingerprint density at radius 1 is 1.29 bits per heavy atom. The molecule has 2 fully saturated rings. The van der Waals surface area contributed by atoms with Crippen molar-refractivity contribution in [3.05, 3.63) is 38.8 Å². The maximum Gasteiger partial charge on any atom is 0.290 e. The minimum Gasteiger partial charge on any atom is -0.350 e. The van der Waals surface area contributed by atoms with Crippen LogP contribution in [0.25, 0.3) is 0 Å². The number of H-pyrrole nitrogens is 1. The van der Waals surface area contributed by atoms with Gasteiger partial charge < -0.3 is 15.2 Å². The average molecular weight is 345 g/mol. The number of anilines is 1. The maximum atomic E-state index is 11.9. The smallest absolute Gasteiger partial charge is 0.290 e. The van der Waals surface area contributed by atoms with E-state index in [0.29, 0.717) is 17.8 Å². The highest BCUT2D eigenvalue weighted by Gasteiger charge is 2.24. The summed E-state index contributed by atoms with van der Waals surface area (Å²) in [6, 6.07) is 0.384. The Labute approximate surface area is 145 Å². The van der Waals surface area contributed by atoms with Gasteiger partial charge in [-0.25, -0.2) is 9.97 Å². The van der Waals surface area contributed by atoms with E-state index in [9.17, 15) is 4.79 Å². The van der Waals surface area contributed by atoms with Crippen LogP contribution < -0.4 is 15.8 Å². The van der Waals surface area contributed by atoms with Crippen LogP contribution in [-0.4, -0.2) is 34.1 Å². The zero-order valence-corrected chi connectivity index (χ0v) is 14.5. The molecular weight excluding hydrogens is 322 g/mol. The number of thiazole rings is 1. The SMILES string of the molecule is O=c1[nH]ccnc1N1CCC[C@H](NCc2cnc(C3CCC3)s2)C1. The quantitative estimate of drug-likeness (QED) is 0.869. The molecular formula is C17H23N5OS. The molecule has 0 unspecified atom stereocenters. The molecule has 1 atom stereocenters. The molecule has 1 saturated heterocycles. The van der Waals surface area contributed by atoms with Crippen LogP contribution in [0.5, 0.6) is 0 Å². The Morgan fingerprint density at radius 2 is 2.21 bits per heavy atom. The molecule has 4 rings (SSSR count). The topological polar surface area (TPSA) is 73.9 Å². The molecule has 128 valence electrons. The number of aromatic amines is 1. The fraction of sp³-hybridized carbons (Fsp3) is 0.588. The summed E-state index contributed by atoms with van der Waals surface area (Å²) in [5.74, 6) is 1.25. The van der Waals surface area contributed by atoms with Crippen molar-refractivity contribution in [2.45, 2.75) is 50.6 Å². The van der Waals surface area contributed by atoms with Crippen molar-refractivity contribution < 1.29 is 0 Å². The van der Waals surface area contributed by atoms with E-state index >= 15 is 0 Å². The Morgan fingerprint density at radius 3 is 3.00 bits per heavy atom. The lowest BCUT2D eigenvalue weighted by atomic mass is 9.86. The fourth-order valence-corrected chi connectivity index (χ4v) is 4.44. The molecule has 0 spiro atoms. The monoisotopic (exact) mass is 345 g/mol. The summed E-state index contributed by atoms with van der Waals surface area (Å²) < 4.78 is 0. The first-order valence-electron chi connectivity index (χ1n) is 8.76. The van der Waals surface area contributed by atoms with Gasteiger partial charge in [0.25, 0.3) is 5.56 Å². The Kier molecular flexibility index (Phi) is 4.62. The summed E-state index contributed by atoms with van der Waals surface area (Å²) in [6.07, 6.45) is 11.4. The molecule has 1 aliphatic heterocycles. The van der Waals surface area contributed by atoms with Crippen LogP contribution in [0.4, 0.5) is 5.82 Å². The van der Waals surface area contributed by atoms with Crippen LogP contribution in [0.15, 0.2) is 23.4 Å². The number of hydrogen-bond donors (Lipinski definition) is 2. The van der Waals surface area contributed by atoms with Gasteiger partial charge in [0.1, 0.15) is 0 Å². The van der Waals surface area contributed by atoms with E-state index in [1.54, 1.807) is 12.4 Å². The number of piperidine rings is 1. The van der Waals surface area contributed by atoms with Crippen LogP contribution in [0.2, 0.25) is 0 Å². The molecule has 2 N–H and O–H groups in total. The third-order valence-corrected chi connectivity index (χ3v) is 6.16. The third-order valence-electron chi connectivity index (χ3n) is 5.00. The molecule has 2 aliphatic rings. The van der Waals surface area contributed by atoms with E-state index < -0.39 is 0 Å². The Bertz CT molecular complexity index is 738. The van der Waals surface area contributed by atoms with Gasteiger partial charge in [0, 0.05) is 55.1 Å². The normalized spacial score (nSPS) is 21.7. The molecule has 3 heterocycles. The first-order valence-corrected chi connectivity index (χ1v) is 9.58. The predicted molar refractivity (Wildman–Crippen MR) is 95.6 cm³/mol. The lowest BCUT2D eigenvalue weighted by Crippen LogP contribution is -2.47. The van der Waals surface area contributed by atoms with Crippen molar-refractivity contribution in [1.82, 2.24) is 20.3 Å². The highest BCUT2D eigenvalue weighted by atomic mass is 32.1. The van der Waals surface area contributed by atoms with Crippen molar-refractivity contribution in [3.8, 4) is 0 Å². The van der Waals surface area contributed by atoms with Crippen LogP contribution in [0.3, 0.4) is 0 Å². The van der Waals surface area contributed by atoms with Gasteiger partial charge in [0.2, 0.25) is 0 Å². The summed E-state index contributed by atoms with van der Waals surface area (Å²) in [7, 11) is 0. The number of hydrogen-bond acceptors (Lipinski definition) is 6. The van der Waals surface area contributed by atoms with Crippen molar-refractivity contribution in [2.24, 2.45) is 0 Å². The molecule has 0 radical (unpaired) electrons. The first-order chi connectivity index (χ1) is 11.8. The van der Waals surface area contributed by atoms with Crippen LogP contribution in [0, 0.1) is 0 Å². The van der Waals surface area contributed by atoms with E-state index in [4.69, 9.17) is 0 Å². The largest absolute Gasteiger partial charge is 0.350 e. The standard InChI is InChI=1S/C17H23N5OS/c23-16-15(18-6-7-19-16)22-8-2-5-13(11-22)20-9-14-10-21-17(24-14)12-3-1-4-12/h6-7,10,12-13,20H,1-5,8-9,11H2,(H,19,23)/t13-/m0/s1. The number of nitrogens with zero attached hydrogens (tertiary/aromatic N) is 3. The Hall–Kier alpha value is -1.73. The van der Waals surface area contributed by atoms with Gasteiger partial charge in [0.15, 0.2) is 5.82 Å². The highest BCUT2D eigenvalue weighted by Crippen LogP contribution is 2.38. The first kappa shape index (κ1) is 15.8. The molecule has 0 amide bonds. The molecule has 6 nitrogen and oxygen atoms in total. The van der Waals surface area contributed by atoms with Crippen molar-refractivity contribution in [3.63, 3.8) is 0 Å². The zero-order chi connectivity index (χ0) is 16.4. The number of rotatable bonds is 5. The van der Waals surface area contributed by atoms with Crippen LogP contribution in [0.1, 0.15) is 47.9 Å².